The Bertz CT molecular complexity index is 540. The first-order valence-electron chi connectivity index (χ1n) is 5.36. The summed E-state index contributed by atoms with van der Waals surface area (Å²) in [6, 6.07) is 5.14. The van der Waals surface area contributed by atoms with E-state index in [0.717, 1.165) is 18.6 Å². The maximum Gasteiger partial charge on any atom is 0.251 e. The van der Waals surface area contributed by atoms with E-state index in [-0.39, 0.29) is 5.56 Å². The van der Waals surface area contributed by atoms with E-state index >= 15 is 0 Å². The van der Waals surface area contributed by atoms with E-state index in [2.05, 4.69) is 9.97 Å². The summed E-state index contributed by atoms with van der Waals surface area (Å²) in [6.45, 7) is 3.91. The van der Waals surface area contributed by atoms with Crippen molar-refractivity contribution in [2.45, 2.75) is 26.7 Å². The standard InChI is InChI=1S/C12H14N2O2/c1-3-4-11-13-9(7-12(15)14-11)10-6-5-8(2)16-10/h5-7H,3-4H2,1-2H3,(H,13,14,15). The minimum absolute atomic E-state index is 0.137. The maximum atomic E-state index is 11.4. The number of hydrogen-bond acceptors (Lipinski definition) is 3. The Morgan fingerprint density at radius 1 is 1.44 bits per heavy atom. The third-order valence-electron chi connectivity index (χ3n) is 2.27. The van der Waals surface area contributed by atoms with Crippen molar-refractivity contribution in [3.63, 3.8) is 0 Å². The quantitative estimate of drug-likeness (QED) is 0.859. The lowest BCUT2D eigenvalue weighted by Gasteiger charge is -2.00. The highest BCUT2D eigenvalue weighted by Crippen LogP contribution is 2.18. The molecule has 2 aromatic heterocycles. The van der Waals surface area contributed by atoms with Crippen LogP contribution in [-0.4, -0.2) is 9.97 Å². The molecule has 4 heteroatoms. The molecule has 0 atom stereocenters. The Morgan fingerprint density at radius 3 is 2.88 bits per heavy atom. The average Bonchev–Trinajstić information content (AvgIpc) is 2.64. The van der Waals surface area contributed by atoms with Crippen LogP contribution in [0.4, 0.5) is 0 Å². The summed E-state index contributed by atoms with van der Waals surface area (Å²) in [5.41, 5.74) is 0.461. The van der Waals surface area contributed by atoms with Crippen LogP contribution in [0, 0.1) is 6.92 Å². The summed E-state index contributed by atoms with van der Waals surface area (Å²) >= 11 is 0. The molecule has 0 bridgehead atoms. The van der Waals surface area contributed by atoms with Gasteiger partial charge in [0.1, 0.15) is 17.3 Å². The fraction of sp³-hybridized carbons (Fsp3) is 0.333. The smallest absolute Gasteiger partial charge is 0.251 e. The number of aromatic nitrogens is 2. The van der Waals surface area contributed by atoms with Crippen LogP contribution in [0.5, 0.6) is 0 Å². The lowest BCUT2D eigenvalue weighted by molar-refractivity contribution is 0.545. The zero-order valence-corrected chi connectivity index (χ0v) is 9.41. The van der Waals surface area contributed by atoms with Gasteiger partial charge in [-0.3, -0.25) is 4.79 Å². The van der Waals surface area contributed by atoms with E-state index in [1.165, 1.54) is 6.07 Å². The van der Waals surface area contributed by atoms with Crippen molar-refractivity contribution in [3.05, 3.63) is 40.1 Å². The van der Waals surface area contributed by atoms with Crippen LogP contribution in [0.3, 0.4) is 0 Å². The van der Waals surface area contributed by atoms with Gasteiger partial charge in [-0.1, -0.05) is 6.92 Å². The van der Waals surface area contributed by atoms with Gasteiger partial charge in [-0.05, 0) is 25.5 Å². The molecule has 1 N–H and O–H groups in total. The zero-order valence-electron chi connectivity index (χ0n) is 9.41. The molecule has 2 heterocycles. The fourth-order valence-corrected chi connectivity index (χ4v) is 1.56. The average molecular weight is 218 g/mol. The molecule has 0 amide bonds. The summed E-state index contributed by atoms with van der Waals surface area (Å²) in [7, 11) is 0. The zero-order chi connectivity index (χ0) is 11.5. The van der Waals surface area contributed by atoms with Gasteiger partial charge in [0.05, 0.1) is 0 Å². The second-order valence-corrected chi connectivity index (χ2v) is 3.74. The van der Waals surface area contributed by atoms with Gasteiger partial charge in [0, 0.05) is 12.5 Å². The van der Waals surface area contributed by atoms with E-state index in [9.17, 15) is 4.79 Å². The van der Waals surface area contributed by atoms with E-state index < -0.39 is 0 Å². The molecule has 0 aromatic carbocycles. The molecule has 0 saturated heterocycles. The van der Waals surface area contributed by atoms with Crippen molar-refractivity contribution in [2.24, 2.45) is 0 Å². The Kier molecular flexibility index (Phi) is 2.90. The van der Waals surface area contributed by atoms with Crippen molar-refractivity contribution in [2.75, 3.05) is 0 Å². The molecule has 4 nitrogen and oxygen atoms in total. The highest BCUT2D eigenvalue weighted by Gasteiger charge is 2.06. The van der Waals surface area contributed by atoms with Crippen molar-refractivity contribution < 1.29 is 4.42 Å². The van der Waals surface area contributed by atoms with Crippen LogP contribution in [0.2, 0.25) is 0 Å². The van der Waals surface area contributed by atoms with Gasteiger partial charge in [0.15, 0.2) is 5.76 Å². The third kappa shape index (κ3) is 2.21. The van der Waals surface area contributed by atoms with Gasteiger partial charge >= 0.3 is 0 Å². The molecule has 84 valence electrons. The molecule has 0 fully saturated rings. The van der Waals surface area contributed by atoms with Crippen LogP contribution in [0.1, 0.15) is 24.9 Å². The van der Waals surface area contributed by atoms with Crippen LogP contribution >= 0.6 is 0 Å². The van der Waals surface area contributed by atoms with Gasteiger partial charge in [0.2, 0.25) is 0 Å². The number of nitrogens with one attached hydrogen (secondary N) is 1. The molecule has 0 radical (unpaired) electrons. The van der Waals surface area contributed by atoms with Gasteiger partial charge in [-0.2, -0.15) is 0 Å². The minimum Gasteiger partial charge on any atom is -0.460 e. The normalized spacial score (nSPS) is 10.6. The molecule has 0 aliphatic heterocycles. The lowest BCUT2D eigenvalue weighted by atomic mass is 10.3. The number of rotatable bonds is 3. The highest BCUT2D eigenvalue weighted by molar-refractivity contribution is 5.51. The van der Waals surface area contributed by atoms with E-state index in [0.29, 0.717) is 17.3 Å². The first-order valence-corrected chi connectivity index (χ1v) is 5.36. The number of furan rings is 1. The lowest BCUT2D eigenvalue weighted by Crippen LogP contribution is -2.10. The topological polar surface area (TPSA) is 58.9 Å². The first-order chi connectivity index (χ1) is 7.69. The Hall–Kier alpha value is -1.84. The Labute approximate surface area is 93.3 Å². The van der Waals surface area contributed by atoms with E-state index in [1.807, 2.05) is 26.0 Å². The molecule has 16 heavy (non-hydrogen) atoms. The SMILES string of the molecule is CCCc1nc(-c2ccc(C)o2)cc(=O)[nH]1. The van der Waals surface area contributed by atoms with Crippen molar-refractivity contribution in [3.8, 4) is 11.5 Å². The van der Waals surface area contributed by atoms with Gasteiger partial charge in [-0.25, -0.2) is 4.98 Å². The predicted octanol–water partition coefficient (Wildman–Crippen LogP) is 2.29. The second-order valence-electron chi connectivity index (χ2n) is 3.74. The van der Waals surface area contributed by atoms with Gasteiger partial charge < -0.3 is 9.40 Å². The van der Waals surface area contributed by atoms with E-state index in [1.54, 1.807) is 0 Å². The van der Waals surface area contributed by atoms with Crippen LogP contribution < -0.4 is 5.56 Å². The molecule has 0 unspecified atom stereocenters. The van der Waals surface area contributed by atoms with Crippen molar-refractivity contribution in [1.29, 1.82) is 0 Å². The largest absolute Gasteiger partial charge is 0.460 e. The van der Waals surface area contributed by atoms with Crippen LogP contribution in [0.15, 0.2) is 27.4 Å². The van der Waals surface area contributed by atoms with Crippen LogP contribution in [0.25, 0.3) is 11.5 Å². The molecule has 0 aliphatic rings. The number of aromatic amines is 1. The number of nitrogens with zero attached hydrogens (tertiary/aromatic N) is 1. The number of H-pyrrole nitrogens is 1. The summed E-state index contributed by atoms with van der Waals surface area (Å²) in [5, 5.41) is 0. The molecule has 2 rings (SSSR count). The van der Waals surface area contributed by atoms with E-state index in [4.69, 9.17) is 4.42 Å². The third-order valence-corrected chi connectivity index (χ3v) is 2.27. The predicted molar refractivity (Wildman–Crippen MR) is 61.3 cm³/mol. The highest BCUT2D eigenvalue weighted by atomic mass is 16.3. The molecule has 0 saturated carbocycles. The maximum absolute atomic E-state index is 11.4. The Morgan fingerprint density at radius 2 is 2.25 bits per heavy atom. The van der Waals surface area contributed by atoms with Crippen molar-refractivity contribution in [1.82, 2.24) is 9.97 Å². The summed E-state index contributed by atoms with van der Waals surface area (Å²) in [6.07, 6.45) is 1.71. The summed E-state index contributed by atoms with van der Waals surface area (Å²) < 4.78 is 5.44. The molecule has 0 aliphatic carbocycles. The molecule has 0 spiro atoms. The molecular weight excluding hydrogens is 204 g/mol. The summed E-state index contributed by atoms with van der Waals surface area (Å²) in [5.74, 6) is 2.16. The minimum atomic E-state index is -0.137. The number of hydrogen-bond donors (Lipinski definition) is 1. The Balaban J connectivity index is 2.44. The van der Waals surface area contributed by atoms with Gasteiger partial charge in [0.25, 0.3) is 5.56 Å². The first kappa shape index (κ1) is 10.7. The second kappa shape index (κ2) is 4.35. The summed E-state index contributed by atoms with van der Waals surface area (Å²) in [4.78, 5) is 18.5. The van der Waals surface area contributed by atoms with Crippen LogP contribution in [-0.2, 0) is 6.42 Å². The molecule has 2 aromatic rings. The fourth-order valence-electron chi connectivity index (χ4n) is 1.56. The molecular formula is C12H14N2O2. The van der Waals surface area contributed by atoms with Gasteiger partial charge in [-0.15, -0.1) is 0 Å². The number of aryl methyl sites for hydroxylation is 2. The monoisotopic (exact) mass is 218 g/mol. The van der Waals surface area contributed by atoms with Crippen molar-refractivity contribution >= 4 is 0 Å².